The Kier molecular flexibility index (Phi) is 3.92. The van der Waals surface area contributed by atoms with Gasteiger partial charge in [-0.3, -0.25) is 4.70 Å². The molecule has 0 aliphatic carbocycles. The molecule has 0 fully saturated rings. The van der Waals surface area contributed by atoms with Crippen molar-refractivity contribution in [3.05, 3.63) is 84.4 Å². The maximum Gasteiger partial charge on any atom is 0.0444 e. The Labute approximate surface area is 130 Å². The third-order valence-electron chi connectivity index (χ3n) is 4.17. The van der Waals surface area contributed by atoms with E-state index in [-0.39, 0.29) is 4.70 Å². The van der Waals surface area contributed by atoms with Crippen LogP contribution in [0.15, 0.2) is 78.9 Å². The first-order valence-corrected chi connectivity index (χ1v) is 7.43. The Morgan fingerprint density at radius 3 is 2.05 bits per heavy atom. The lowest BCUT2D eigenvalue weighted by molar-refractivity contribution is 0.998. The van der Waals surface area contributed by atoms with Crippen LogP contribution >= 0.6 is 0 Å². The van der Waals surface area contributed by atoms with Gasteiger partial charge in [0.2, 0.25) is 0 Å². The summed E-state index contributed by atoms with van der Waals surface area (Å²) in [6.07, 6.45) is 1.14. The molecule has 0 bridgehead atoms. The van der Waals surface area contributed by atoms with Crippen LogP contribution in [0.25, 0.3) is 11.1 Å². The van der Waals surface area contributed by atoms with Crippen molar-refractivity contribution >= 4 is 11.4 Å². The minimum absolute atomic E-state index is 0. The maximum atomic E-state index is 2.41. The molecule has 4 rings (SSSR count). The van der Waals surface area contributed by atoms with Gasteiger partial charge in [-0.25, -0.2) is 0 Å². The topological polar surface area (TPSA) is 3.24 Å². The highest BCUT2D eigenvalue weighted by molar-refractivity contribution is 5.72. The Balaban J connectivity index is 0.00000144. The molecule has 110 valence electrons. The number of hydrogen-bond acceptors (Lipinski definition) is 1. The number of rotatable bonds is 2. The molecule has 1 aliphatic rings. The number of fused-ring (bicyclic) bond motifs is 1. The first-order chi connectivity index (χ1) is 10.4. The van der Waals surface area contributed by atoms with Crippen LogP contribution < -0.4 is 4.90 Å². The largest absolute Gasteiger partial charge is 0.341 e. The van der Waals surface area contributed by atoms with E-state index in [1.807, 2.05) is 0 Å². The number of halogens is 1. The van der Waals surface area contributed by atoms with Crippen molar-refractivity contribution in [3.8, 4) is 11.1 Å². The molecular weight excluding hydrogens is 273 g/mol. The van der Waals surface area contributed by atoms with Crippen LogP contribution in [0.3, 0.4) is 0 Å². The fourth-order valence-corrected chi connectivity index (χ4v) is 3.07. The average Bonchev–Trinajstić information content (AvgIpc) is 3.00. The van der Waals surface area contributed by atoms with Gasteiger partial charge in [-0.2, -0.15) is 0 Å². The molecule has 0 spiro atoms. The van der Waals surface area contributed by atoms with Crippen molar-refractivity contribution in [2.45, 2.75) is 6.42 Å². The molecule has 0 unspecified atom stereocenters. The zero-order valence-electron chi connectivity index (χ0n) is 12.3. The lowest BCUT2D eigenvalue weighted by Gasteiger charge is -2.19. The Morgan fingerprint density at radius 1 is 0.636 bits per heavy atom. The molecule has 1 aliphatic heterocycles. The maximum absolute atomic E-state index is 2.41. The van der Waals surface area contributed by atoms with E-state index >= 15 is 0 Å². The summed E-state index contributed by atoms with van der Waals surface area (Å²) < 4.78 is 0. The molecule has 0 aromatic heterocycles. The molecule has 1 heterocycles. The van der Waals surface area contributed by atoms with E-state index in [4.69, 9.17) is 0 Å². The predicted molar refractivity (Wildman–Crippen MR) is 91.5 cm³/mol. The predicted octanol–water partition coefficient (Wildman–Crippen LogP) is 5.20. The summed E-state index contributed by atoms with van der Waals surface area (Å²) in [5.41, 5.74) is 6.62. The minimum Gasteiger partial charge on any atom is -0.341 e. The van der Waals surface area contributed by atoms with Crippen LogP contribution in [-0.2, 0) is 6.42 Å². The van der Waals surface area contributed by atoms with E-state index in [1.165, 1.54) is 28.1 Å². The van der Waals surface area contributed by atoms with E-state index in [9.17, 15) is 0 Å². The fourth-order valence-electron chi connectivity index (χ4n) is 3.07. The highest BCUT2D eigenvalue weighted by Crippen LogP contribution is 2.35. The van der Waals surface area contributed by atoms with E-state index in [0.717, 1.165) is 13.0 Å². The second-order valence-electron chi connectivity index (χ2n) is 5.44. The summed E-state index contributed by atoms with van der Waals surface area (Å²) >= 11 is 0. The van der Waals surface area contributed by atoms with Gasteiger partial charge in [0, 0.05) is 17.9 Å². The molecule has 0 atom stereocenters. The molecule has 22 heavy (non-hydrogen) atoms. The van der Waals surface area contributed by atoms with E-state index in [2.05, 4.69) is 83.8 Å². The third-order valence-corrected chi connectivity index (χ3v) is 4.17. The van der Waals surface area contributed by atoms with Crippen LogP contribution in [0.5, 0.6) is 0 Å². The number of hydrogen-bond donors (Lipinski definition) is 0. The SMILES string of the molecule is F.c1ccc(-c2ccc(N3CCc4ccccc43)cc2)cc1. The molecule has 1 nitrogen and oxygen atoms in total. The monoisotopic (exact) mass is 291 g/mol. The van der Waals surface area contributed by atoms with Crippen LogP contribution in [0, 0.1) is 0 Å². The molecule has 0 amide bonds. The number of para-hydroxylation sites is 1. The van der Waals surface area contributed by atoms with Crippen molar-refractivity contribution in [1.82, 2.24) is 0 Å². The van der Waals surface area contributed by atoms with Gasteiger partial charge >= 0.3 is 0 Å². The first-order valence-electron chi connectivity index (χ1n) is 7.43. The molecule has 3 aromatic carbocycles. The quantitative estimate of drug-likeness (QED) is 0.627. The molecule has 0 radical (unpaired) electrons. The van der Waals surface area contributed by atoms with Crippen molar-refractivity contribution < 1.29 is 4.70 Å². The Morgan fingerprint density at radius 2 is 1.27 bits per heavy atom. The van der Waals surface area contributed by atoms with Crippen molar-refractivity contribution in [3.63, 3.8) is 0 Å². The average molecular weight is 291 g/mol. The minimum atomic E-state index is 0. The molecule has 2 heteroatoms. The highest BCUT2D eigenvalue weighted by Gasteiger charge is 2.19. The number of benzene rings is 3. The van der Waals surface area contributed by atoms with E-state index in [1.54, 1.807) is 0 Å². The van der Waals surface area contributed by atoms with E-state index in [0.29, 0.717) is 0 Å². The second-order valence-corrected chi connectivity index (χ2v) is 5.44. The van der Waals surface area contributed by atoms with Gasteiger partial charge in [-0.1, -0.05) is 60.7 Å². The smallest absolute Gasteiger partial charge is 0.0444 e. The van der Waals surface area contributed by atoms with Crippen molar-refractivity contribution in [2.24, 2.45) is 0 Å². The highest BCUT2D eigenvalue weighted by atomic mass is 19.0. The van der Waals surface area contributed by atoms with Crippen LogP contribution in [-0.4, -0.2) is 6.54 Å². The van der Waals surface area contributed by atoms with Gasteiger partial charge in [0.1, 0.15) is 0 Å². The third kappa shape index (κ3) is 2.48. The van der Waals surface area contributed by atoms with Crippen LogP contribution in [0.2, 0.25) is 0 Å². The van der Waals surface area contributed by atoms with Gasteiger partial charge in [-0.05, 0) is 41.3 Å². The summed E-state index contributed by atoms with van der Waals surface area (Å²) in [7, 11) is 0. The van der Waals surface area contributed by atoms with Gasteiger partial charge in [-0.15, -0.1) is 0 Å². The molecule has 3 aromatic rings. The molecule has 0 saturated heterocycles. The number of anilines is 2. The zero-order valence-corrected chi connectivity index (χ0v) is 12.3. The van der Waals surface area contributed by atoms with Gasteiger partial charge in [0.05, 0.1) is 0 Å². The van der Waals surface area contributed by atoms with Gasteiger partial charge in [0.15, 0.2) is 0 Å². The summed E-state index contributed by atoms with van der Waals surface area (Å²) in [5, 5.41) is 0. The summed E-state index contributed by atoms with van der Waals surface area (Å²) in [4.78, 5) is 2.41. The lowest BCUT2D eigenvalue weighted by Crippen LogP contribution is -2.12. The summed E-state index contributed by atoms with van der Waals surface area (Å²) in [6.45, 7) is 1.07. The summed E-state index contributed by atoms with van der Waals surface area (Å²) in [6, 6.07) is 28.1. The normalized spacial score (nSPS) is 12.6. The van der Waals surface area contributed by atoms with Crippen molar-refractivity contribution in [1.29, 1.82) is 0 Å². The van der Waals surface area contributed by atoms with Gasteiger partial charge in [0.25, 0.3) is 0 Å². The zero-order chi connectivity index (χ0) is 14.1. The molecule has 0 saturated carbocycles. The van der Waals surface area contributed by atoms with Crippen LogP contribution in [0.4, 0.5) is 16.1 Å². The Hall–Kier alpha value is -2.61. The number of nitrogens with zero attached hydrogens (tertiary/aromatic N) is 1. The van der Waals surface area contributed by atoms with E-state index < -0.39 is 0 Å². The molecular formula is C20H18FN. The standard InChI is InChI=1S/C20H17N.FH/c1-2-6-16(7-3-1)17-10-12-19(13-11-17)21-15-14-18-8-4-5-9-20(18)21;/h1-13H,14-15H2;1H. The van der Waals surface area contributed by atoms with Crippen LogP contribution in [0.1, 0.15) is 5.56 Å². The lowest BCUT2D eigenvalue weighted by atomic mass is 10.1. The second kappa shape index (κ2) is 6.02. The fraction of sp³-hybridized carbons (Fsp3) is 0.100. The first kappa shape index (κ1) is 14.3. The Bertz CT molecular complexity index is 750. The van der Waals surface area contributed by atoms with Gasteiger partial charge < -0.3 is 4.90 Å². The summed E-state index contributed by atoms with van der Waals surface area (Å²) in [5.74, 6) is 0. The van der Waals surface area contributed by atoms with Crippen molar-refractivity contribution in [2.75, 3.05) is 11.4 Å². The molecule has 0 N–H and O–H groups in total.